The summed E-state index contributed by atoms with van der Waals surface area (Å²) in [7, 11) is 0. The van der Waals surface area contributed by atoms with Crippen molar-refractivity contribution < 1.29 is 14.3 Å². The summed E-state index contributed by atoms with van der Waals surface area (Å²) in [6, 6.07) is 1.32. The van der Waals surface area contributed by atoms with Gasteiger partial charge in [-0.25, -0.2) is 9.37 Å². The van der Waals surface area contributed by atoms with Crippen LogP contribution in [0.3, 0.4) is 0 Å². The van der Waals surface area contributed by atoms with Crippen molar-refractivity contribution in [2.45, 2.75) is 6.54 Å². The number of hydrogen-bond donors (Lipinski definition) is 1. The summed E-state index contributed by atoms with van der Waals surface area (Å²) in [5, 5.41) is 8.54. The van der Waals surface area contributed by atoms with E-state index in [1.807, 2.05) is 4.90 Å². The van der Waals surface area contributed by atoms with Crippen molar-refractivity contribution in [1.82, 2.24) is 9.88 Å². The molecule has 0 bridgehead atoms. The fourth-order valence-electron chi connectivity index (χ4n) is 1.66. The Bertz CT molecular complexity index is 421. The van der Waals surface area contributed by atoms with Crippen LogP contribution in [0.1, 0.15) is 5.56 Å². The number of aliphatic carboxylic acids is 1. The van der Waals surface area contributed by atoms with Crippen LogP contribution in [0.5, 0.6) is 0 Å². The Kier molecular flexibility index (Phi) is 3.07. The highest BCUT2D eigenvalue weighted by atomic mass is 35.5. The molecule has 1 aromatic heterocycles. The van der Waals surface area contributed by atoms with E-state index in [9.17, 15) is 9.18 Å². The van der Waals surface area contributed by atoms with E-state index in [2.05, 4.69) is 4.98 Å². The predicted molar refractivity (Wildman–Crippen MR) is 55.6 cm³/mol. The zero-order valence-corrected chi connectivity index (χ0v) is 9.12. The second-order valence-corrected chi connectivity index (χ2v) is 4.20. The minimum atomic E-state index is -0.781. The molecule has 2 rings (SSSR count). The van der Waals surface area contributed by atoms with Crippen LogP contribution in [0.15, 0.2) is 12.3 Å². The lowest BCUT2D eigenvalue weighted by molar-refractivity contribution is -0.147. The molecular weight excluding hydrogens is 235 g/mol. The van der Waals surface area contributed by atoms with Gasteiger partial charge < -0.3 is 5.11 Å². The third-order valence-electron chi connectivity index (χ3n) is 2.57. The number of halogens is 2. The van der Waals surface area contributed by atoms with E-state index in [0.717, 1.165) is 0 Å². The van der Waals surface area contributed by atoms with Crippen LogP contribution in [0.25, 0.3) is 0 Å². The first-order chi connectivity index (χ1) is 7.56. The van der Waals surface area contributed by atoms with Gasteiger partial charge in [-0.1, -0.05) is 11.6 Å². The molecule has 0 radical (unpaired) electrons. The van der Waals surface area contributed by atoms with E-state index in [-0.39, 0.29) is 11.1 Å². The number of aromatic nitrogens is 1. The molecule has 1 aromatic rings. The van der Waals surface area contributed by atoms with Crippen LogP contribution in [-0.4, -0.2) is 34.0 Å². The summed E-state index contributed by atoms with van der Waals surface area (Å²) in [4.78, 5) is 16.2. The average molecular weight is 245 g/mol. The van der Waals surface area contributed by atoms with E-state index in [1.165, 1.54) is 12.3 Å². The van der Waals surface area contributed by atoms with Crippen LogP contribution >= 0.6 is 11.6 Å². The van der Waals surface area contributed by atoms with Gasteiger partial charge in [0.1, 0.15) is 0 Å². The minimum absolute atomic E-state index is 0.143. The molecule has 0 unspecified atom stereocenters. The highest BCUT2D eigenvalue weighted by molar-refractivity contribution is 6.29. The smallest absolute Gasteiger partial charge is 0.309 e. The van der Waals surface area contributed by atoms with Gasteiger partial charge in [-0.05, 0) is 11.6 Å². The van der Waals surface area contributed by atoms with Gasteiger partial charge in [0.05, 0.1) is 5.92 Å². The van der Waals surface area contributed by atoms with Crippen molar-refractivity contribution in [3.63, 3.8) is 0 Å². The molecule has 0 aliphatic carbocycles. The monoisotopic (exact) mass is 244 g/mol. The Morgan fingerprint density at radius 2 is 2.38 bits per heavy atom. The molecule has 1 aliphatic rings. The number of pyridine rings is 1. The molecule has 1 fully saturated rings. The van der Waals surface area contributed by atoms with Crippen LogP contribution < -0.4 is 0 Å². The normalized spacial score (nSPS) is 17.1. The van der Waals surface area contributed by atoms with Crippen LogP contribution in [0.2, 0.25) is 5.15 Å². The number of carbonyl (C=O) groups is 1. The predicted octanol–water partition coefficient (Wildman–Crippen LogP) is 1.39. The summed E-state index contributed by atoms with van der Waals surface area (Å²) in [6.07, 6.45) is 1.50. The first-order valence-corrected chi connectivity index (χ1v) is 5.19. The average Bonchev–Trinajstić information content (AvgIpc) is 2.15. The molecule has 0 aromatic carbocycles. The van der Waals surface area contributed by atoms with Crippen molar-refractivity contribution in [2.75, 3.05) is 13.1 Å². The van der Waals surface area contributed by atoms with Gasteiger partial charge in [0.25, 0.3) is 0 Å². The van der Waals surface area contributed by atoms with Gasteiger partial charge in [-0.3, -0.25) is 9.69 Å². The van der Waals surface area contributed by atoms with E-state index in [0.29, 0.717) is 25.2 Å². The van der Waals surface area contributed by atoms with Crippen molar-refractivity contribution in [3.8, 4) is 0 Å². The Balaban J connectivity index is 1.91. The number of hydrogen-bond acceptors (Lipinski definition) is 3. The summed E-state index contributed by atoms with van der Waals surface area (Å²) in [5.74, 6) is -1.63. The maximum atomic E-state index is 13.0. The number of likely N-dealkylation sites (tertiary alicyclic amines) is 1. The van der Waals surface area contributed by atoms with E-state index < -0.39 is 11.8 Å². The number of carboxylic acid groups (broad SMARTS) is 1. The lowest BCUT2D eigenvalue weighted by atomic mass is 10.00. The van der Waals surface area contributed by atoms with Gasteiger partial charge in [0.15, 0.2) is 11.0 Å². The minimum Gasteiger partial charge on any atom is -0.481 e. The Hall–Kier alpha value is -1.20. The molecule has 0 spiro atoms. The van der Waals surface area contributed by atoms with Crippen molar-refractivity contribution >= 4 is 17.6 Å². The quantitative estimate of drug-likeness (QED) is 0.817. The molecule has 0 saturated carbocycles. The third kappa shape index (κ3) is 2.31. The Morgan fingerprint density at radius 3 is 2.94 bits per heavy atom. The number of carboxylic acids is 1. The molecule has 1 N–H and O–H groups in total. The Labute approximate surface area is 96.7 Å². The standard InChI is InChI=1S/C10H10ClFN2O2/c11-9-8(12)1-6(2-13-9)3-14-4-7(5-14)10(15)16/h1-2,7H,3-5H2,(H,15,16). The van der Waals surface area contributed by atoms with Gasteiger partial charge in [-0.2, -0.15) is 0 Å². The molecule has 1 saturated heterocycles. The highest BCUT2D eigenvalue weighted by Crippen LogP contribution is 2.20. The summed E-state index contributed by atoms with van der Waals surface area (Å²) in [5.41, 5.74) is 0.700. The van der Waals surface area contributed by atoms with Crippen molar-refractivity contribution in [1.29, 1.82) is 0 Å². The first kappa shape index (κ1) is 11.3. The van der Waals surface area contributed by atoms with Crippen molar-refractivity contribution in [2.24, 2.45) is 5.92 Å². The van der Waals surface area contributed by atoms with Gasteiger partial charge in [0, 0.05) is 25.8 Å². The van der Waals surface area contributed by atoms with E-state index in [4.69, 9.17) is 16.7 Å². The summed E-state index contributed by atoms with van der Waals surface area (Å²) >= 11 is 5.45. The zero-order valence-electron chi connectivity index (χ0n) is 8.36. The van der Waals surface area contributed by atoms with Crippen LogP contribution in [0.4, 0.5) is 4.39 Å². The third-order valence-corrected chi connectivity index (χ3v) is 2.84. The van der Waals surface area contributed by atoms with Crippen LogP contribution in [-0.2, 0) is 11.3 Å². The Morgan fingerprint density at radius 1 is 1.69 bits per heavy atom. The lowest BCUT2D eigenvalue weighted by Crippen LogP contribution is -2.49. The number of rotatable bonds is 3. The topological polar surface area (TPSA) is 53.4 Å². The summed E-state index contributed by atoms with van der Waals surface area (Å²) in [6.45, 7) is 1.50. The second kappa shape index (κ2) is 4.35. The molecule has 4 nitrogen and oxygen atoms in total. The molecular formula is C10H10ClFN2O2. The second-order valence-electron chi connectivity index (χ2n) is 3.85. The highest BCUT2D eigenvalue weighted by Gasteiger charge is 2.32. The molecule has 2 heterocycles. The lowest BCUT2D eigenvalue weighted by Gasteiger charge is -2.36. The van der Waals surface area contributed by atoms with Gasteiger partial charge in [-0.15, -0.1) is 0 Å². The van der Waals surface area contributed by atoms with E-state index in [1.54, 1.807) is 0 Å². The van der Waals surface area contributed by atoms with Crippen LogP contribution in [0, 0.1) is 11.7 Å². The summed E-state index contributed by atoms with van der Waals surface area (Å²) < 4.78 is 13.0. The zero-order chi connectivity index (χ0) is 11.7. The van der Waals surface area contributed by atoms with E-state index >= 15 is 0 Å². The van der Waals surface area contributed by atoms with Gasteiger partial charge >= 0.3 is 5.97 Å². The van der Waals surface area contributed by atoms with Crippen molar-refractivity contribution in [3.05, 3.63) is 28.8 Å². The van der Waals surface area contributed by atoms with Gasteiger partial charge in [0.2, 0.25) is 0 Å². The molecule has 86 valence electrons. The number of nitrogens with zero attached hydrogens (tertiary/aromatic N) is 2. The fourth-order valence-corrected chi connectivity index (χ4v) is 1.76. The fraction of sp³-hybridized carbons (Fsp3) is 0.400. The maximum Gasteiger partial charge on any atom is 0.309 e. The molecule has 0 amide bonds. The first-order valence-electron chi connectivity index (χ1n) is 4.81. The maximum absolute atomic E-state index is 13.0. The molecule has 16 heavy (non-hydrogen) atoms. The largest absolute Gasteiger partial charge is 0.481 e. The molecule has 1 aliphatic heterocycles. The molecule has 6 heteroatoms. The SMILES string of the molecule is O=C(O)C1CN(Cc2cnc(Cl)c(F)c2)C1. The molecule has 0 atom stereocenters.